The molecular weight excluding hydrogens is 295 g/mol. The molecule has 0 atom stereocenters. The number of esters is 1. The third-order valence-electron chi connectivity index (χ3n) is 3.66. The lowest BCUT2D eigenvalue weighted by Gasteiger charge is -2.05. The summed E-state index contributed by atoms with van der Waals surface area (Å²) in [7, 11) is 1.37. The van der Waals surface area contributed by atoms with Crippen LogP contribution in [-0.4, -0.2) is 18.9 Å². The van der Waals surface area contributed by atoms with E-state index >= 15 is 0 Å². The quantitative estimate of drug-likeness (QED) is 0.577. The summed E-state index contributed by atoms with van der Waals surface area (Å²) in [6.07, 6.45) is 1.88. The molecule has 23 heavy (non-hydrogen) atoms. The maximum atomic E-state index is 13.6. The summed E-state index contributed by atoms with van der Waals surface area (Å²) in [6, 6.07) is 13.5. The number of carbonyl (C=O) groups excluding carboxylic acids is 2. The summed E-state index contributed by atoms with van der Waals surface area (Å²) in [6.45, 7) is 0. The van der Waals surface area contributed by atoms with Crippen LogP contribution in [0.4, 0.5) is 4.39 Å². The minimum atomic E-state index is -0.361. The van der Waals surface area contributed by atoms with E-state index in [0.717, 1.165) is 12.0 Å². The smallest absolute Gasteiger partial charge is 0.305 e. The summed E-state index contributed by atoms with van der Waals surface area (Å²) in [4.78, 5) is 23.2. The Morgan fingerprint density at radius 3 is 2.39 bits per heavy atom. The number of ketones is 1. The molecule has 0 aromatic heterocycles. The number of aryl methyl sites for hydroxylation is 1. The highest BCUT2D eigenvalue weighted by Gasteiger charge is 2.10. The summed E-state index contributed by atoms with van der Waals surface area (Å²) in [5, 5.41) is 0. The van der Waals surface area contributed by atoms with Crippen LogP contribution in [0.1, 0.15) is 34.3 Å². The Balaban J connectivity index is 1.92. The molecule has 120 valence electrons. The van der Waals surface area contributed by atoms with Crippen LogP contribution >= 0.6 is 0 Å². The first-order chi connectivity index (χ1) is 11.1. The van der Waals surface area contributed by atoms with Gasteiger partial charge in [0.1, 0.15) is 5.82 Å². The van der Waals surface area contributed by atoms with E-state index in [-0.39, 0.29) is 24.0 Å². The van der Waals surface area contributed by atoms with Gasteiger partial charge in [-0.1, -0.05) is 42.5 Å². The van der Waals surface area contributed by atoms with Crippen molar-refractivity contribution in [1.82, 2.24) is 0 Å². The Morgan fingerprint density at radius 1 is 1.04 bits per heavy atom. The van der Waals surface area contributed by atoms with Crippen molar-refractivity contribution in [3.05, 3.63) is 71.0 Å². The van der Waals surface area contributed by atoms with Gasteiger partial charge in [-0.3, -0.25) is 9.59 Å². The van der Waals surface area contributed by atoms with E-state index in [1.54, 1.807) is 30.3 Å². The van der Waals surface area contributed by atoms with Gasteiger partial charge in [0.2, 0.25) is 0 Å². The van der Waals surface area contributed by atoms with Gasteiger partial charge in [0.15, 0.2) is 5.78 Å². The van der Waals surface area contributed by atoms with Gasteiger partial charge >= 0.3 is 5.97 Å². The number of benzene rings is 2. The van der Waals surface area contributed by atoms with Gasteiger partial charge in [-0.05, 0) is 30.0 Å². The molecule has 0 amide bonds. The lowest BCUT2D eigenvalue weighted by molar-refractivity contribution is -0.140. The van der Waals surface area contributed by atoms with Gasteiger partial charge in [-0.2, -0.15) is 0 Å². The standard InChI is InChI=1S/C19H19FO3/c1-23-19(22)8-4-5-14-9-11-15(12-10-14)18(21)13-16-6-2-3-7-17(16)20/h2-3,6-7,9-12H,4-5,8,13H2,1H3. The molecule has 0 bridgehead atoms. The maximum Gasteiger partial charge on any atom is 0.305 e. The van der Waals surface area contributed by atoms with Gasteiger partial charge in [-0.15, -0.1) is 0 Å². The fourth-order valence-electron chi connectivity index (χ4n) is 2.31. The second-order valence-corrected chi connectivity index (χ2v) is 5.32. The van der Waals surface area contributed by atoms with Crippen LogP contribution in [0.3, 0.4) is 0 Å². The second kappa shape index (κ2) is 8.22. The molecule has 0 aliphatic heterocycles. The van der Waals surface area contributed by atoms with Crippen LogP contribution in [-0.2, 0) is 22.4 Å². The van der Waals surface area contributed by atoms with Crippen LogP contribution < -0.4 is 0 Å². The van der Waals surface area contributed by atoms with Crippen molar-refractivity contribution in [2.75, 3.05) is 7.11 Å². The van der Waals surface area contributed by atoms with Gasteiger partial charge in [-0.25, -0.2) is 4.39 Å². The lowest BCUT2D eigenvalue weighted by Crippen LogP contribution is -2.05. The Labute approximate surface area is 135 Å². The third kappa shape index (κ3) is 5.02. The molecule has 3 nitrogen and oxygen atoms in total. The number of hydrogen-bond donors (Lipinski definition) is 0. The zero-order valence-electron chi connectivity index (χ0n) is 13.0. The third-order valence-corrected chi connectivity index (χ3v) is 3.66. The number of Topliss-reactive ketones (excluding diaryl/α,β-unsaturated/α-hetero) is 1. The van der Waals surface area contributed by atoms with E-state index in [2.05, 4.69) is 4.74 Å². The van der Waals surface area contributed by atoms with Crippen molar-refractivity contribution < 1.29 is 18.7 Å². The minimum Gasteiger partial charge on any atom is -0.469 e. The van der Waals surface area contributed by atoms with Gasteiger partial charge in [0.05, 0.1) is 7.11 Å². The molecule has 0 heterocycles. The molecule has 0 radical (unpaired) electrons. The fourth-order valence-corrected chi connectivity index (χ4v) is 2.31. The van der Waals surface area contributed by atoms with E-state index in [0.29, 0.717) is 24.0 Å². The molecule has 0 aliphatic rings. The molecule has 0 saturated heterocycles. The second-order valence-electron chi connectivity index (χ2n) is 5.32. The molecule has 2 aromatic carbocycles. The summed E-state index contributed by atoms with van der Waals surface area (Å²) in [5.41, 5.74) is 2.01. The highest BCUT2D eigenvalue weighted by atomic mass is 19.1. The van der Waals surface area contributed by atoms with E-state index < -0.39 is 0 Å². The van der Waals surface area contributed by atoms with Crippen LogP contribution in [0, 0.1) is 5.82 Å². The van der Waals surface area contributed by atoms with Crippen molar-refractivity contribution in [2.24, 2.45) is 0 Å². The number of rotatable bonds is 7. The first-order valence-corrected chi connectivity index (χ1v) is 7.52. The minimum absolute atomic E-state index is 0.0500. The highest BCUT2D eigenvalue weighted by molar-refractivity contribution is 5.97. The van der Waals surface area contributed by atoms with Crippen LogP contribution in [0.15, 0.2) is 48.5 Å². The van der Waals surface area contributed by atoms with Crippen molar-refractivity contribution >= 4 is 11.8 Å². The molecule has 2 rings (SSSR count). The van der Waals surface area contributed by atoms with Gasteiger partial charge < -0.3 is 4.74 Å². The van der Waals surface area contributed by atoms with E-state index in [1.807, 2.05) is 12.1 Å². The summed E-state index contributed by atoms with van der Waals surface area (Å²) in [5.74, 6) is -0.696. The highest BCUT2D eigenvalue weighted by Crippen LogP contribution is 2.13. The first-order valence-electron chi connectivity index (χ1n) is 7.52. The SMILES string of the molecule is COC(=O)CCCc1ccc(C(=O)Cc2ccccc2F)cc1. The van der Waals surface area contributed by atoms with E-state index in [9.17, 15) is 14.0 Å². The van der Waals surface area contributed by atoms with E-state index in [4.69, 9.17) is 0 Å². The molecule has 0 saturated carbocycles. The average molecular weight is 314 g/mol. The number of carbonyl (C=O) groups is 2. The molecule has 0 unspecified atom stereocenters. The molecular formula is C19H19FO3. The van der Waals surface area contributed by atoms with Crippen molar-refractivity contribution in [2.45, 2.75) is 25.7 Å². The van der Waals surface area contributed by atoms with E-state index in [1.165, 1.54) is 13.2 Å². The van der Waals surface area contributed by atoms with Gasteiger partial charge in [0, 0.05) is 18.4 Å². The number of ether oxygens (including phenoxy) is 1. The normalized spacial score (nSPS) is 10.3. The average Bonchev–Trinajstić information content (AvgIpc) is 2.57. The van der Waals surface area contributed by atoms with Crippen LogP contribution in [0.25, 0.3) is 0 Å². The Hall–Kier alpha value is -2.49. The molecule has 2 aromatic rings. The lowest BCUT2D eigenvalue weighted by atomic mass is 10.00. The predicted octanol–water partition coefficient (Wildman–Crippen LogP) is 3.75. The van der Waals surface area contributed by atoms with Crippen molar-refractivity contribution in [3.63, 3.8) is 0 Å². The zero-order valence-corrected chi connectivity index (χ0v) is 13.0. The molecule has 0 spiro atoms. The number of halogens is 1. The Morgan fingerprint density at radius 2 is 1.74 bits per heavy atom. The van der Waals surface area contributed by atoms with Crippen molar-refractivity contribution in [1.29, 1.82) is 0 Å². The first kappa shape index (κ1) is 16.9. The zero-order chi connectivity index (χ0) is 16.7. The Kier molecular flexibility index (Phi) is 6.03. The maximum absolute atomic E-state index is 13.6. The Bertz CT molecular complexity index is 677. The predicted molar refractivity (Wildman–Crippen MR) is 85.8 cm³/mol. The molecule has 0 N–H and O–H groups in total. The van der Waals surface area contributed by atoms with Gasteiger partial charge in [0.25, 0.3) is 0 Å². The number of methoxy groups -OCH3 is 1. The number of hydrogen-bond acceptors (Lipinski definition) is 3. The van der Waals surface area contributed by atoms with Crippen molar-refractivity contribution in [3.8, 4) is 0 Å². The fraction of sp³-hybridized carbons (Fsp3) is 0.263. The van der Waals surface area contributed by atoms with Crippen LogP contribution in [0.5, 0.6) is 0 Å². The topological polar surface area (TPSA) is 43.4 Å². The monoisotopic (exact) mass is 314 g/mol. The van der Waals surface area contributed by atoms with Crippen LogP contribution in [0.2, 0.25) is 0 Å². The molecule has 4 heteroatoms. The largest absolute Gasteiger partial charge is 0.469 e. The molecule has 0 fully saturated rings. The molecule has 0 aliphatic carbocycles. The summed E-state index contributed by atoms with van der Waals surface area (Å²) >= 11 is 0. The summed E-state index contributed by atoms with van der Waals surface area (Å²) < 4.78 is 18.2.